The highest BCUT2D eigenvalue weighted by Gasteiger charge is 2.15. The maximum Gasteiger partial charge on any atom is 0.339 e. The number of halogens is 2. The largest absolute Gasteiger partial charge is 0.483 e. The first-order valence-corrected chi connectivity index (χ1v) is 10.1. The van der Waals surface area contributed by atoms with E-state index < -0.39 is 5.97 Å². The second-order valence-corrected chi connectivity index (χ2v) is 7.27. The van der Waals surface area contributed by atoms with Crippen LogP contribution in [0.3, 0.4) is 0 Å². The summed E-state index contributed by atoms with van der Waals surface area (Å²) in [5, 5.41) is 16.2. The highest BCUT2D eigenvalue weighted by Crippen LogP contribution is 2.19. The second kappa shape index (κ2) is 13.1. The summed E-state index contributed by atoms with van der Waals surface area (Å²) >= 11 is 11.2. The Kier molecular flexibility index (Phi) is 10.4. The highest BCUT2D eigenvalue weighted by atomic mass is 35.5. The topological polar surface area (TPSA) is 96.9 Å². The van der Waals surface area contributed by atoms with Gasteiger partial charge in [0.2, 0.25) is 0 Å². The Morgan fingerprint density at radius 1 is 1.13 bits per heavy atom. The lowest BCUT2D eigenvalue weighted by molar-refractivity contribution is -0.123. The molecular formula is C21H24Cl2N2O5. The first kappa shape index (κ1) is 24.0. The van der Waals surface area contributed by atoms with E-state index in [-0.39, 0.29) is 29.7 Å². The van der Waals surface area contributed by atoms with Gasteiger partial charge in [-0.15, -0.1) is 0 Å². The van der Waals surface area contributed by atoms with Gasteiger partial charge in [-0.05, 0) is 24.3 Å². The molecule has 1 atom stereocenters. The molecule has 0 spiro atoms. The smallest absolute Gasteiger partial charge is 0.339 e. The molecule has 3 N–H and O–H groups in total. The molecule has 9 heteroatoms. The fourth-order valence-corrected chi connectivity index (χ4v) is 2.82. The molecule has 1 amide bonds. The number of carboxylic acids is 1. The fourth-order valence-electron chi connectivity index (χ4n) is 2.55. The van der Waals surface area contributed by atoms with E-state index in [0.29, 0.717) is 29.8 Å². The van der Waals surface area contributed by atoms with Crippen molar-refractivity contribution in [2.24, 2.45) is 5.92 Å². The average Bonchev–Trinajstić information content (AvgIpc) is 3.02. The van der Waals surface area contributed by atoms with E-state index >= 15 is 0 Å². The van der Waals surface area contributed by atoms with Crippen LogP contribution < -0.4 is 15.4 Å². The van der Waals surface area contributed by atoms with Gasteiger partial charge in [0.15, 0.2) is 6.61 Å². The summed E-state index contributed by atoms with van der Waals surface area (Å²) < 4.78 is 10.7. The summed E-state index contributed by atoms with van der Waals surface area (Å²) in [6.07, 6.45) is 0. The zero-order valence-electron chi connectivity index (χ0n) is 16.3. The molecule has 0 aliphatic carbocycles. The monoisotopic (exact) mass is 454 g/mol. The van der Waals surface area contributed by atoms with Crippen LogP contribution >= 0.6 is 23.2 Å². The maximum absolute atomic E-state index is 11.8. The minimum absolute atomic E-state index is 0.0386. The molecule has 3 rings (SSSR count). The Morgan fingerprint density at radius 3 is 2.47 bits per heavy atom. The molecule has 1 saturated heterocycles. The number of carbonyl (C=O) groups is 2. The van der Waals surface area contributed by atoms with Crippen LogP contribution in [-0.4, -0.2) is 56.4 Å². The Balaban J connectivity index is 0.000000335. The molecule has 1 aliphatic heterocycles. The number of carboxylic acid groups (broad SMARTS) is 1. The van der Waals surface area contributed by atoms with Crippen LogP contribution in [0.5, 0.6) is 5.75 Å². The molecule has 1 heterocycles. The van der Waals surface area contributed by atoms with Crippen molar-refractivity contribution in [2.45, 2.75) is 0 Å². The van der Waals surface area contributed by atoms with E-state index in [2.05, 4.69) is 10.6 Å². The molecule has 162 valence electrons. The average molecular weight is 455 g/mol. The lowest BCUT2D eigenvalue weighted by Gasteiger charge is -2.15. The lowest BCUT2D eigenvalue weighted by Crippen LogP contribution is -2.37. The predicted octanol–water partition coefficient (Wildman–Crippen LogP) is 3.11. The van der Waals surface area contributed by atoms with Crippen LogP contribution in [0.15, 0.2) is 48.5 Å². The van der Waals surface area contributed by atoms with Gasteiger partial charge in [-0.1, -0.05) is 47.5 Å². The van der Waals surface area contributed by atoms with Crippen LogP contribution in [0.2, 0.25) is 10.0 Å². The third kappa shape index (κ3) is 8.59. The van der Waals surface area contributed by atoms with Crippen LogP contribution in [0.1, 0.15) is 10.4 Å². The minimum atomic E-state index is -1.09. The summed E-state index contributed by atoms with van der Waals surface area (Å²) in [6, 6.07) is 13.4. The molecule has 7 nitrogen and oxygen atoms in total. The van der Waals surface area contributed by atoms with Gasteiger partial charge in [-0.2, -0.15) is 0 Å². The van der Waals surface area contributed by atoms with Crippen LogP contribution in [0, 0.1) is 5.92 Å². The fraction of sp³-hybridized carbons (Fsp3) is 0.333. The minimum Gasteiger partial charge on any atom is -0.483 e. The van der Waals surface area contributed by atoms with Gasteiger partial charge < -0.3 is 25.2 Å². The molecule has 2 aromatic carbocycles. The first-order chi connectivity index (χ1) is 14.5. The molecule has 0 radical (unpaired) electrons. The number of carbonyl (C=O) groups excluding carboxylic acids is 1. The number of nitrogens with one attached hydrogen (secondary N) is 2. The summed E-state index contributed by atoms with van der Waals surface area (Å²) in [7, 11) is 0. The third-order valence-electron chi connectivity index (χ3n) is 4.10. The second-order valence-electron chi connectivity index (χ2n) is 6.45. The van der Waals surface area contributed by atoms with Gasteiger partial charge in [0, 0.05) is 25.6 Å². The SMILES string of the molecule is Clc1ccccc1Cl.O=C(COc1ccccc1C(=O)O)NCC1CNCCOC1. The van der Waals surface area contributed by atoms with E-state index in [1.807, 2.05) is 12.1 Å². The molecule has 1 fully saturated rings. The van der Waals surface area contributed by atoms with Crippen molar-refractivity contribution in [1.82, 2.24) is 10.6 Å². The molecule has 0 aromatic heterocycles. The molecule has 0 bridgehead atoms. The van der Waals surface area contributed by atoms with Crippen molar-refractivity contribution in [2.75, 3.05) is 39.5 Å². The lowest BCUT2D eigenvalue weighted by atomic mass is 10.1. The number of aromatic carboxylic acids is 1. The van der Waals surface area contributed by atoms with Crippen LogP contribution in [0.25, 0.3) is 0 Å². The Hall–Kier alpha value is -2.32. The zero-order valence-corrected chi connectivity index (χ0v) is 17.8. The molecule has 0 saturated carbocycles. The number of benzene rings is 2. The summed E-state index contributed by atoms with van der Waals surface area (Å²) in [4.78, 5) is 22.8. The molecule has 2 aromatic rings. The van der Waals surface area contributed by atoms with E-state index in [9.17, 15) is 9.59 Å². The van der Waals surface area contributed by atoms with E-state index in [1.165, 1.54) is 12.1 Å². The number of ether oxygens (including phenoxy) is 2. The Bertz CT molecular complexity index is 806. The van der Waals surface area contributed by atoms with Crippen molar-refractivity contribution < 1.29 is 24.2 Å². The standard InChI is InChI=1S/C15H20N2O5.C6H4Cl2/c18-14(17-8-11-7-16-5-6-21-9-11)10-22-13-4-2-1-3-12(13)15(19)20;7-5-3-1-2-4-6(5)8/h1-4,11,16H,5-10H2,(H,17,18)(H,19,20);1-4H. The number of amides is 1. The van der Waals surface area contributed by atoms with Crippen molar-refractivity contribution >= 4 is 35.1 Å². The normalized spacial score (nSPS) is 15.9. The Labute approximate surface area is 185 Å². The van der Waals surface area contributed by atoms with Crippen molar-refractivity contribution in [3.63, 3.8) is 0 Å². The zero-order chi connectivity index (χ0) is 21.8. The van der Waals surface area contributed by atoms with Crippen LogP contribution in [0.4, 0.5) is 0 Å². The van der Waals surface area contributed by atoms with E-state index in [0.717, 1.165) is 13.1 Å². The predicted molar refractivity (Wildman–Crippen MR) is 116 cm³/mol. The molecule has 30 heavy (non-hydrogen) atoms. The van der Waals surface area contributed by atoms with Gasteiger partial charge in [0.1, 0.15) is 11.3 Å². The van der Waals surface area contributed by atoms with E-state index in [1.54, 1.807) is 24.3 Å². The van der Waals surface area contributed by atoms with Gasteiger partial charge in [-0.25, -0.2) is 4.79 Å². The van der Waals surface area contributed by atoms with Gasteiger partial charge >= 0.3 is 5.97 Å². The third-order valence-corrected chi connectivity index (χ3v) is 4.85. The van der Waals surface area contributed by atoms with Gasteiger partial charge in [-0.3, -0.25) is 4.79 Å². The summed E-state index contributed by atoms with van der Waals surface area (Å²) in [6.45, 7) is 3.18. The van der Waals surface area contributed by atoms with E-state index in [4.69, 9.17) is 37.8 Å². The number of hydrogen-bond donors (Lipinski definition) is 3. The number of hydrogen-bond acceptors (Lipinski definition) is 5. The summed E-state index contributed by atoms with van der Waals surface area (Å²) in [5.41, 5.74) is 0.0386. The van der Waals surface area contributed by atoms with Crippen molar-refractivity contribution in [1.29, 1.82) is 0 Å². The van der Waals surface area contributed by atoms with Gasteiger partial charge in [0.05, 0.1) is 23.3 Å². The maximum atomic E-state index is 11.8. The Morgan fingerprint density at radius 2 is 1.80 bits per heavy atom. The summed E-state index contributed by atoms with van der Waals surface area (Å²) in [5.74, 6) is -0.968. The molecule has 1 unspecified atom stereocenters. The number of para-hydroxylation sites is 1. The van der Waals surface area contributed by atoms with Crippen LogP contribution in [-0.2, 0) is 9.53 Å². The van der Waals surface area contributed by atoms with Gasteiger partial charge in [0.25, 0.3) is 5.91 Å². The molecule has 1 aliphatic rings. The number of rotatable bonds is 6. The molecular weight excluding hydrogens is 431 g/mol. The highest BCUT2D eigenvalue weighted by molar-refractivity contribution is 6.41. The quantitative estimate of drug-likeness (QED) is 0.620. The van der Waals surface area contributed by atoms with Crippen molar-refractivity contribution in [3.05, 3.63) is 64.1 Å². The van der Waals surface area contributed by atoms with Crippen molar-refractivity contribution in [3.8, 4) is 5.75 Å². The first-order valence-electron chi connectivity index (χ1n) is 9.37.